The molecule has 1 unspecified atom stereocenters. The van der Waals surface area contributed by atoms with Crippen molar-refractivity contribution in [3.63, 3.8) is 0 Å². The fourth-order valence-corrected chi connectivity index (χ4v) is 1.06. The lowest BCUT2D eigenvalue weighted by molar-refractivity contribution is -0.121. The number of ether oxygens (including phenoxy) is 1. The third-order valence-corrected chi connectivity index (χ3v) is 1.99. The van der Waals surface area contributed by atoms with Crippen LogP contribution in [0.3, 0.4) is 0 Å². The minimum absolute atomic E-state index is 0.0393. The highest BCUT2D eigenvalue weighted by molar-refractivity contribution is 5.76. The molecule has 0 saturated heterocycles. The molecule has 78 valence electrons. The minimum Gasteiger partial charge on any atom is -0.385 e. The second-order valence-corrected chi connectivity index (χ2v) is 3.06. The van der Waals surface area contributed by atoms with E-state index >= 15 is 0 Å². The van der Waals surface area contributed by atoms with Crippen molar-refractivity contribution in [3.8, 4) is 0 Å². The Bertz CT molecular complexity index is 140. The molecule has 0 radical (unpaired) electrons. The first-order chi connectivity index (χ1) is 6.22. The summed E-state index contributed by atoms with van der Waals surface area (Å²) in [5.41, 5.74) is 5.18. The normalized spacial score (nSPS) is 12.8. The minimum atomic E-state index is -0.221. The van der Waals surface area contributed by atoms with Crippen molar-refractivity contribution in [2.75, 3.05) is 26.8 Å². The van der Waals surface area contributed by atoms with Crippen LogP contribution in [-0.4, -0.2) is 32.7 Å². The molecule has 1 atom stereocenters. The summed E-state index contributed by atoms with van der Waals surface area (Å²) in [6, 6.07) is 0. The van der Waals surface area contributed by atoms with Gasteiger partial charge in [-0.05, 0) is 19.4 Å². The molecule has 0 aromatic rings. The molecular weight excluding hydrogens is 168 g/mol. The molecule has 0 heterocycles. The Morgan fingerprint density at radius 3 is 2.77 bits per heavy atom. The molecule has 13 heavy (non-hydrogen) atoms. The summed E-state index contributed by atoms with van der Waals surface area (Å²) in [4.78, 5) is 10.8. The van der Waals surface area contributed by atoms with Gasteiger partial charge in [-0.1, -0.05) is 6.92 Å². The highest BCUT2D eigenvalue weighted by atomic mass is 16.5. The summed E-state index contributed by atoms with van der Waals surface area (Å²) in [7, 11) is 1.68. The SMILES string of the molecule is CCC(CNCCCOC)C(N)=O. The molecule has 0 aromatic carbocycles. The van der Waals surface area contributed by atoms with E-state index in [2.05, 4.69) is 5.32 Å². The molecule has 0 rings (SSSR count). The van der Waals surface area contributed by atoms with Gasteiger partial charge in [0, 0.05) is 26.2 Å². The van der Waals surface area contributed by atoms with Crippen LogP contribution < -0.4 is 11.1 Å². The van der Waals surface area contributed by atoms with E-state index in [1.54, 1.807) is 7.11 Å². The lowest BCUT2D eigenvalue weighted by atomic mass is 10.1. The molecule has 0 aliphatic carbocycles. The van der Waals surface area contributed by atoms with Gasteiger partial charge in [0.15, 0.2) is 0 Å². The predicted molar refractivity (Wildman–Crippen MR) is 52.3 cm³/mol. The third-order valence-electron chi connectivity index (χ3n) is 1.99. The molecule has 3 N–H and O–H groups in total. The van der Waals surface area contributed by atoms with Crippen LogP contribution in [0, 0.1) is 5.92 Å². The first kappa shape index (κ1) is 12.4. The molecule has 0 aliphatic heterocycles. The molecule has 0 bridgehead atoms. The topological polar surface area (TPSA) is 64.3 Å². The van der Waals surface area contributed by atoms with Gasteiger partial charge in [-0.15, -0.1) is 0 Å². The quantitative estimate of drug-likeness (QED) is 0.532. The van der Waals surface area contributed by atoms with Crippen molar-refractivity contribution >= 4 is 5.91 Å². The maximum Gasteiger partial charge on any atom is 0.221 e. The van der Waals surface area contributed by atoms with Crippen LogP contribution >= 0.6 is 0 Å². The van der Waals surface area contributed by atoms with Crippen molar-refractivity contribution in [1.29, 1.82) is 0 Å². The number of nitrogens with two attached hydrogens (primary N) is 1. The van der Waals surface area contributed by atoms with Crippen molar-refractivity contribution < 1.29 is 9.53 Å². The van der Waals surface area contributed by atoms with E-state index in [9.17, 15) is 4.79 Å². The van der Waals surface area contributed by atoms with E-state index in [1.807, 2.05) is 6.92 Å². The number of nitrogens with one attached hydrogen (secondary N) is 1. The number of hydrogen-bond acceptors (Lipinski definition) is 3. The number of rotatable bonds is 8. The Morgan fingerprint density at radius 1 is 1.62 bits per heavy atom. The van der Waals surface area contributed by atoms with Gasteiger partial charge in [-0.3, -0.25) is 4.79 Å². The summed E-state index contributed by atoms with van der Waals surface area (Å²) in [6.07, 6.45) is 1.76. The first-order valence-corrected chi connectivity index (χ1v) is 4.71. The molecule has 0 fully saturated rings. The van der Waals surface area contributed by atoms with Crippen LogP contribution in [0.1, 0.15) is 19.8 Å². The number of methoxy groups -OCH3 is 1. The zero-order chi connectivity index (χ0) is 10.1. The molecule has 0 saturated carbocycles. The summed E-state index contributed by atoms with van der Waals surface area (Å²) in [5.74, 6) is -0.260. The van der Waals surface area contributed by atoms with Crippen molar-refractivity contribution in [2.24, 2.45) is 11.7 Å². The average Bonchev–Trinajstić information content (AvgIpc) is 2.10. The van der Waals surface area contributed by atoms with Crippen LogP contribution in [0.25, 0.3) is 0 Å². The van der Waals surface area contributed by atoms with E-state index in [4.69, 9.17) is 10.5 Å². The third kappa shape index (κ3) is 6.54. The van der Waals surface area contributed by atoms with Gasteiger partial charge in [0.2, 0.25) is 5.91 Å². The summed E-state index contributed by atoms with van der Waals surface area (Å²) < 4.78 is 4.89. The monoisotopic (exact) mass is 188 g/mol. The lowest BCUT2D eigenvalue weighted by Crippen LogP contribution is -2.33. The number of carbonyl (C=O) groups excluding carboxylic acids is 1. The van der Waals surface area contributed by atoms with Crippen LogP contribution in [0.4, 0.5) is 0 Å². The second-order valence-electron chi connectivity index (χ2n) is 3.06. The van der Waals surface area contributed by atoms with E-state index in [0.717, 1.165) is 26.0 Å². The van der Waals surface area contributed by atoms with Crippen LogP contribution in [0.15, 0.2) is 0 Å². The zero-order valence-electron chi connectivity index (χ0n) is 8.51. The zero-order valence-corrected chi connectivity index (χ0v) is 8.51. The summed E-state index contributed by atoms with van der Waals surface area (Å²) in [6.45, 7) is 4.26. The smallest absolute Gasteiger partial charge is 0.221 e. The van der Waals surface area contributed by atoms with Gasteiger partial charge in [0.1, 0.15) is 0 Å². The summed E-state index contributed by atoms with van der Waals surface area (Å²) in [5, 5.41) is 3.17. The standard InChI is InChI=1S/C9H20N2O2/c1-3-8(9(10)12)7-11-5-4-6-13-2/h8,11H,3-7H2,1-2H3,(H2,10,12). The Morgan fingerprint density at radius 2 is 2.31 bits per heavy atom. The number of carbonyl (C=O) groups is 1. The van der Waals surface area contributed by atoms with Gasteiger partial charge in [0.05, 0.1) is 0 Å². The average molecular weight is 188 g/mol. The van der Waals surface area contributed by atoms with Gasteiger partial charge < -0.3 is 15.8 Å². The molecule has 1 amide bonds. The fourth-order valence-electron chi connectivity index (χ4n) is 1.06. The van der Waals surface area contributed by atoms with E-state index < -0.39 is 0 Å². The van der Waals surface area contributed by atoms with Gasteiger partial charge in [-0.2, -0.15) is 0 Å². The fraction of sp³-hybridized carbons (Fsp3) is 0.889. The Kier molecular flexibility index (Phi) is 7.63. The Balaban J connectivity index is 3.33. The van der Waals surface area contributed by atoms with Crippen LogP contribution in [-0.2, 0) is 9.53 Å². The van der Waals surface area contributed by atoms with Crippen LogP contribution in [0.2, 0.25) is 0 Å². The van der Waals surface area contributed by atoms with Gasteiger partial charge >= 0.3 is 0 Å². The van der Waals surface area contributed by atoms with Crippen molar-refractivity contribution in [1.82, 2.24) is 5.32 Å². The van der Waals surface area contributed by atoms with E-state index in [1.165, 1.54) is 0 Å². The number of hydrogen-bond donors (Lipinski definition) is 2. The van der Waals surface area contributed by atoms with E-state index in [-0.39, 0.29) is 11.8 Å². The highest BCUT2D eigenvalue weighted by Crippen LogP contribution is 1.98. The molecular formula is C9H20N2O2. The maximum absolute atomic E-state index is 10.8. The van der Waals surface area contributed by atoms with Crippen molar-refractivity contribution in [2.45, 2.75) is 19.8 Å². The molecule has 0 aromatic heterocycles. The van der Waals surface area contributed by atoms with Crippen LogP contribution in [0.5, 0.6) is 0 Å². The largest absolute Gasteiger partial charge is 0.385 e. The first-order valence-electron chi connectivity index (χ1n) is 4.71. The maximum atomic E-state index is 10.8. The number of primary amides is 1. The lowest BCUT2D eigenvalue weighted by Gasteiger charge is -2.11. The molecule has 0 aliphatic rings. The Labute approximate surface area is 79.8 Å². The summed E-state index contributed by atoms with van der Waals surface area (Å²) >= 11 is 0. The second kappa shape index (κ2) is 8.01. The van der Waals surface area contributed by atoms with Gasteiger partial charge in [-0.25, -0.2) is 0 Å². The Hall–Kier alpha value is -0.610. The molecule has 0 spiro atoms. The van der Waals surface area contributed by atoms with Gasteiger partial charge in [0.25, 0.3) is 0 Å². The highest BCUT2D eigenvalue weighted by Gasteiger charge is 2.10. The molecule has 4 nitrogen and oxygen atoms in total. The predicted octanol–water partition coefficient (Wildman–Crippen LogP) is 0.124. The number of amides is 1. The van der Waals surface area contributed by atoms with Crippen molar-refractivity contribution in [3.05, 3.63) is 0 Å². The molecule has 4 heteroatoms. The van der Waals surface area contributed by atoms with E-state index in [0.29, 0.717) is 6.54 Å².